The highest BCUT2D eigenvalue weighted by atomic mass is 19.4. The Kier molecular flexibility index (Phi) is 7.31. The lowest BCUT2D eigenvalue weighted by atomic mass is 9.86. The number of carbonyl (C=O) groups excluding carboxylic acids is 1. The molecule has 2 aromatic heterocycles. The molecule has 1 aliphatic rings. The van der Waals surface area contributed by atoms with Gasteiger partial charge in [-0.2, -0.15) is 13.2 Å². The highest BCUT2D eigenvalue weighted by Crippen LogP contribution is 2.39. The van der Waals surface area contributed by atoms with E-state index in [2.05, 4.69) is 9.97 Å². The first kappa shape index (κ1) is 28.3. The summed E-state index contributed by atoms with van der Waals surface area (Å²) < 4.78 is 58.2. The number of nitrogens with two attached hydrogens (primary N) is 1. The summed E-state index contributed by atoms with van der Waals surface area (Å²) in [7, 11) is 0. The van der Waals surface area contributed by atoms with Crippen LogP contribution in [0.5, 0.6) is 0 Å². The third-order valence-electron chi connectivity index (χ3n) is 7.93. The Morgan fingerprint density at radius 1 is 1.10 bits per heavy atom. The molecule has 2 aromatic carbocycles. The molecule has 1 amide bonds. The lowest BCUT2D eigenvalue weighted by molar-refractivity contribution is -0.137. The Bertz CT molecular complexity index is 1720. The summed E-state index contributed by atoms with van der Waals surface area (Å²) in [5, 5.41) is 0.950. The molecule has 214 valence electrons. The molecule has 0 spiro atoms. The minimum Gasteiger partial charge on any atom is -0.369 e. The zero-order valence-corrected chi connectivity index (χ0v) is 22.8. The maximum Gasteiger partial charge on any atom is 0.417 e. The molecule has 2 atom stereocenters. The van der Waals surface area contributed by atoms with E-state index in [0.29, 0.717) is 18.8 Å². The molecule has 3 N–H and O–H groups in total. The number of nitrogens with one attached hydrogen (secondary N) is 1. The number of para-hydroxylation sites is 1. The minimum absolute atomic E-state index is 0.00836. The van der Waals surface area contributed by atoms with Crippen LogP contribution in [0.15, 0.2) is 47.3 Å². The second-order valence-electron chi connectivity index (χ2n) is 10.6. The van der Waals surface area contributed by atoms with Crippen molar-refractivity contribution in [3.63, 3.8) is 0 Å². The third-order valence-corrected chi connectivity index (χ3v) is 7.93. The van der Waals surface area contributed by atoms with Crippen LogP contribution in [0.2, 0.25) is 0 Å². The number of carbonyl (C=O) groups is 1. The number of aryl methyl sites for hydroxylation is 2. The number of fused-ring (bicyclic) bond motifs is 1. The molecule has 0 bridgehead atoms. The van der Waals surface area contributed by atoms with E-state index in [4.69, 9.17) is 10.7 Å². The summed E-state index contributed by atoms with van der Waals surface area (Å²) >= 11 is 0. The molecule has 1 saturated heterocycles. The van der Waals surface area contributed by atoms with Crippen LogP contribution in [-0.4, -0.2) is 33.4 Å². The number of amides is 1. The Balaban J connectivity index is 1.60. The molecule has 41 heavy (non-hydrogen) atoms. The maximum atomic E-state index is 16.1. The van der Waals surface area contributed by atoms with Gasteiger partial charge in [-0.15, -0.1) is 0 Å². The number of primary amides is 1. The smallest absolute Gasteiger partial charge is 0.369 e. The summed E-state index contributed by atoms with van der Waals surface area (Å²) in [6.45, 7) is 5.31. The van der Waals surface area contributed by atoms with E-state index in [1.807, 2.05) is 42.2 Å². The SMILES string of the molecule is Cc1nc(-c2c(C(F)(F)F)ccc(CC3CC(C(N)=O)CCN3c3ccc4cccc(C)c4n3)c2F)[nH]c(=O)c1C. The molecular formula is C30H29F4N5O2. The third kappa shape index (κ3) is 5.40. The van der Waals surface area contributed by atoms with Crippen LogP contribution in [0.3, 0.4) is 0 Å². The van der Waals surface area contributed by atoms with Gasteiger partial charge in [0.05, 0.1) is 16.6 Å². The summed E-state index contributed by atoms with van der Waals surface area (Å²) in [5.41, 5.74) is 5.11. The number of hydrogen-bond donors (Lipinski definition) is 2. The van der Waals surface area contributed by atoms with Crippen LogP contribution in [0.25, 0.3) is 22.3 Å². The predicted molar refractivity (Wildman–Crippen MR) is 148 cm³/mol. The van der Waals surface area contributed by atoms with E-state index in [-0.39, 0.29) is 29.7 Å². The number of alkyl halides is 3. The Labute approximate surface area is 233 Å². The van der Waals surface area contributed by atoms with E-state index in [1.165, 1.54) is 13.8 Å². The molecule has 0 saturated carbocycles. The van der Waals surface area contributed by atoms with Gasteiger partial charge in [-0.3, -0.25) is 9.59 Å². The quantitative estimate of drug-likeness (QED) is 0.315. The number of aromatic nitrogens is 3. The van der Waals surface area contributed by atoms with Gasteiger partial charge >= 0.3 is 6.18 Å². The summed E-state index contributed by atoms with van der Waals surface area (Å²) in [5.74, 6) is -1.97. The highest BCUT2D eigenvalue weighted by molar-refractivity contribution is 5.83. The summed E-state index contributed by atoms with van der Waals surface area (Å²) in [6, 6.07) is 11.0. The van der Waals surface area contributed by atoms with Gasteiger partial charge in [0.25, 0.3) is 5.56 Å². The molecule has 11 heteroatoms. The Morgan fingerprint density at radius 3 is 2.54 bits per heavy atom. The number of anilines is 1. The van der Waals surface area contributed by atoms with Crippen molar-refractivity contribution in [1.29, 1.82) is 0 Å². The van der Waals surface area contributed by atoms with E-state index >= 15 is 4.39 Å². The van der Waals surface area contributed by atoms with Crippen molar-refractivity contribution >= 4 is 22.6 Å². The van der Waals surface area contributed by atoms with Crippen LogP contribution in [0, 0.1) is 32.5 Å². The average Bonchev–Trinajstić information content (AvgIpc) is 2.92. The molecule has 4 aromatic rings. The van der Waals surface area contributed by atoms with Gasteiger partial charge in [-0.1, -0.05) is 24.3 Å². The molecule has 0 radical (unpaired) electrons. The Hall–Kier alpha value is -4.28. The number of hydrogen-bond acceptors (Lipinski definition) is 5. The molecule has 5 rings (SSSR count). The fourth-order valence-electron chi connectivity index (χ4n) is 5.51. The lowest BCUT2D eigenvalue weighted by Gasteiger charge is -2.40. The maximum absolute atomic E-state index is 16.1. The normalized spacial score (nSPS) is 17.7. The molecule has 2 unspecified atom stereocenters. The van der Waals surface area contributed by atoms with Crippen molar-refractivity contribution in [2.45, 2.75) is 52.3 Å². The first-order valence-electron chi connectivity index (χ1n) is 13.2. The van der Waals surface area contributed by atoms with Crippen molar-refractivity contribution in [3.05, 3.63) is 86.6 Å². The van der Waals surface area contributed by atoms with Crippen molar-refractivity contribution in [1.82, 2.24) is 15.0 Å². The fraction of sp³-hybridized carbons (Fsp3) is 0.333. The first-order valence-corrected chi connectivity index (χ1v) is 13.2. The zero-order chi connectivity index (χ0) is 29.6. The summed E-state index contributed by atoms with van der Waals surface area (Å²) in [6.07, 6.45) is -4.18. The van der Waals surface area contributed by atoms with Crippen molar-refractivity contribution in [2.24, 2.45) is 11.7 Å². The molecule has 7 nitrogen and oxygen atoms in total. The minimum atomic E-state index is -4.90. The van der Waals surface area contributed by atoms with Gasteiger partial charge in [-0.25, -0.2) is 14.4 Å². The molecule has 1 fully saturated rings. The largest absolute Gasteiger partial charge is 0.417 e. The van der Waals surface area contributed by atoms with Gasteiger partial charge in [0.2, 0.25) is 5.91 Å². The fourth-order valence-corrected chi connectivity index (χ4v) is 5.51. The number of rotatable bonds is 5. The van der Waals surface area contributed by atoms with E-state index in [9.17, 15) is 22.8 Å². The van der Waals surface area contributed by atoms with Gasteiger partial charge in [0, 0.05) is 35.1 Å². The predicted octanol–water partition coefficient (Wildman–Crippen LogP) is 5.38. The van der Waals surface area contributed by atoms with Crippen LogP contribution >= 0.6 is 0 Å². The number of pyridine rings is 1. The van der Waals surface area contributed by atoms with Crippen LogP contribution in [-0.2, 0) is 17.4 Å². The standard InChI is InChI=1S/C30H29F4N5O2/c1-15-5-4-6-18-8-10-23(37-26(15)18)39-12-11-20(27(35)40)14-21(39)13-19-7-9-22(30(32,33)34)24(25(19)31)28-36-17(3)16(2)29(41)38-28/h4-10,20-21H,11-14H2,1-3H3,(H2,35,40)(H,36,38,41). The topological polar surface area (TPSA) is 105 Å². The van der Waals surface area contributed by atoms with E-state index in [0.717, 1.165) is 28.6 Å². The number of halogens is 4. The number of H-pyrrole nitrogens is 1. The van der Waals surface area contributed by atoms with Crippen LogP contribution in [0.4, 0.5) is 23.4 Å². The lowest BCUT2D eigenvalue weighted by Crippen LogP contribution is -2.47. The van der Waals surface area contributed by atoms with Crippen LogP contribution < -0.4 is 16.2 Å². The zero-order valence-electron chi connectivity index (χ0n) is 22.8. The molecular weight excluding hydrogens is 538 g/mol. The van der Waals surface area contributed by atoms with Gasteiger partial charge in [0.1, 0.15) is 17.5 Å². The van der Waals surface area contributed by atoms with Crippen molar-refractivity contribution in [2.75, 3.05) is 11.4 Å². The number of benzene rings is 2. The monoisotopic (exact) mass is 567 g/mol. The van der Waals surface area contributed by atoms with Gasteiger partial charge in [-0.05, 0) is 69.4 Å². The van der Waals surface area contributed by atoms with Gasteiger partial charge in [0.15, 0.2) is 0 Å². The van der Waals surface area contributed by atoms with E-state index in [1.54, 1.807) is 0 Å². The second kappa shape index (κ2) is 10.6. The van der Waals surface area contributed by atoms with Gasteiger partial charge < -0.3 is 15.6 Å². The van der Waals surface area contributed by atoms with Crippen molar-refractivity contribution < 1.29 is 22.4 Å². The molecule has 3 heterocycles. The molecule has 0 aliphatic carbocycles. The van der Waals surface area contributed by atoms with Crippen molar-refractivity contribution in [3.8, 4) is 11.4 Å². The average molecular weight is 568 g/mol. The number of aromatic amines is 1. The highest BCUT2D eigenvalue weighted by Gasteiger charge is 2.38. The van der Waals surface area contributed by atoms with Crippen LogP contribution in [0.1, 0.15) is 40.8 Å². The number of piperidine rings is 1. The molecule has 1 aliphatic heterocycles. The summed E-state index contributed by atoms with van der Waals surface area (Å²) in [4.78, 5) is 37.7. The number of nitrogens with zero attached hydrogens (tertiary/aromatic N) is 3. The Morgan fingerprint density at radius 2 is 1.85 bits per heavy atom. The second-order valence-corrected chi connectivity index (χ2v) is 10.6. The first-order chi connectivity index (χ1) is 19.3. The van der Waals surface area contributed by atoms with E-state index < -0.39 is 52.4 Å².